The first-order valence-electron chi connectivity index (χ1n) is 9.85. The Morgan fingerprint density at radius 1 is 1.12 bits per heavy atom. The van der Waals surface area contributed by atoms with Crippen LogP contribution in [-0.2, 0) is 24.3 Å². The number of aliphatic hydroxyl groups excluding tert-OH is 1. The average Bonchev–Trinajstić information content (AvgIpc) is 3.06. The Bertz CT molecular complexity index is 1230. The molecule has 7 nitrogen and oxygen atoms in total. The van der Waals surface area contributed by atoms with Gasteiger partial charge in [0.2, 0.25) is 5.91 Å². The number of nitrogens with zero attached hydrogens (tertiary/aromatic N) is 3. The van der Waals surface area contributed by atoms with Gasteiger partial charge in [0.05, 0.1) is 16.6 Å². The van der Waals surface area contributed by atoms with E-state index in [0.717, 1.165) is 4.68 Å². The molecule has 3 rings (SSSR count). The lowest BCUT2D eigenvalue weighted by Crippen LogP contribution is -2.38. The maximum Gasteiger partial charge on any atom is 0.416 e. The van der Waals surface area contributed by atoms with Crippen molar-refractivity contribution in [3.63, 3.8) is 0 Å². The molecule has 0 saturated heterocycles. The molecule has 0 bridgehead atoms. The summed E-state index contributed by atoms with van der Waals surface area (Å²) in [5.41, 5.74) is 0.00832. The first kappa shape index (κ1) is 26.1. The molecule has 0 spiro atoms. The van der Waals surface area contributed by atoms with Crippen molar-refractivity contribution in [2.45, 2.75) is 31.8 Å². The predicted molar refractivity (Wildman–Crippen MR) is 122 cm³/mol. The van der Waals surface area contributed by atoms with Gasteiger partial charge in [-0.2, -0.15) is 13.2 Å². The summed E-state index contributed by atoms with van der Waals surface area (Å²) in [4.78, 5) is 25.1. The monoisotopic (exact) mass is 536 g/mol. The molecule has 13 heteroatoms. The highest BCUT2D eigenvalue weighted by Gasteiger charge is 2.39. The van der Waals surface area contributed by atoms with Crippen LogP contribution in [0.2, 0.25) is 15.1 Å². The molecule has 0 aliphatic carbocycles. The average molecular weight is 538 g/mol. The van der Waals surface area contributed by atoms with E-state index in [-0.39, 0.29) is 17.9 Å². The van der Waals surface area contributed by atoms with Gasteiger partial charge >= 0.3 is 11.9 Å². The van der Waals surface area contributed by atoms with Gasteiger partial charge in [0.25, 0.3) is 0 Å². The van der Waals surface area contributed by atoms with Crippen LogP contribution in [0, 0.1) is 0 Å². The summed E-state index contributed by atoms with van der Waals surface area (Å²) < 4.78 is 40.1. The highest BCUT2D eigenvalue weighted by atomic mass is 35.5. The third-order valence-corrected chi connectivity index (χ3v) is 5.91. The van der Waals surface area contributed by atoms with Crippen LogP contribution in [0.3, 0.4) is 0 Å². The first-order valence-corrected chi connectivity index (χ1v) is 11.0. The number of rotatable bonds is 8. The Hall–Kier alpha value is -2.53. The second-order valence-corrected chi connectivity index (χ2v) is 8.47. The van der Waals surface area contributed by atoms with Crippen LogP contribution in [0.1, 0.15) is 5.56 Å². The van der Waals surface area contributed by atoms with Crippen molar-refractivity contribution in [1.82, 2.24) is 19.7 Å². The minimum absolute atomic E-state index is 0.150. The molecule has 2 N–H and O–H groups in total. The second kappa shape index (κ2) is 10.8. The molecule has 182 valence electrons. The number of carbonyl (C=O) groups excluding carboxylic acids is 1. The van der Waals surface area contributed by atoms with Gasteiger partial charge in [0.1, 0.15) is 6.54 Å². The molecule has 1 amide bonds. The number of alkyl halides is 3. The highest BCUT2D eigenvalue weighted by molar-refractivity contribution is 6.42. The predicted octanol–water partition coefficient (Wildman–Crippen LogP) is 3.95. The number of amides is 1. The molecule has 3 aromatic rings. The maximum atomic E-state index is 12.9. The fraction of sp³-hybridized carbons (Fsp3) is 0.286. The minimum atomic E-state index is -4.95. The Morgan fingerprint density at radius 3 is 2.44 bits per heavy atom. The van der Waals surface area contributed by atoms with Gasteiger partial charge in [-0.05, 0) is 42.3 Å². The molecule has 1 heterocycles. The van der Waals surface area contributed by atoms with Gasteiger partial charge in [-0.15, -0.1) is 5.10 Å². The van der Waals surface area contributed by atoms with E-state index in [4.69, 9.17) is 34.8 Å². The fourth-order valence-electron chi connectivity index (χ4n) is 3.07. The molecule has 0 aliphatic rings. The summed E-state index contributed by atoms with van der Waals surface area (Å²) in [5.74, 6) is -0.743. The Kier molecular flexibility index (Phi) is 8.29. The Balaban J connectivity index is 1.78. The largest absolute Gasteiger partial charge is 0.416 e. The lowest BCUT2D eigenvalue weighted by molar-refractivity contribution is -0.207. The Morgan fingerprint density at radius 2 is 1.79 bits per heavy atom. The van der Waals surface area contributed by atoms with Crippen LogP contribution in [0.4, 0.5) is 13.2 Å². The smallest absolute Gasteiger partial charge is 0.382 e. The lowest BCUT2D eigenvalue weighted by atomic mass is 10.1. The molecule has 2 aromatic carbocycles. The van der Waals surface area contributed by atoms with Gasteiger partial charge < -0.3 is 10.4 Å². The van der Waals surface area contributed by atoms with E-state index in [1.807, 2.05) is 0 Å². The summed E-state index contributed by atoms with van der Waals surface area (Å²) in [5, 5.41) is 17.2. The molecule has 1 unspecified atom stereocenters. The van der Waals surface area contributed by atoms with Crippen molar-refractivity contribution in [3.8, 4) is 11.4 Å². The van der Waals surface area contributed by atoms with Crippen LogP contribution >= 0.6 is 34.8 Å². The summed E-state index contributed by atoms with van der Waals surface area (Å²) in [6.45, 7) is -1.46. The van der Waals surface area contributed by atoms with Gasteiger partial charge in [-0.3, -0.25) is 9.36 Å². The zero-order valence-electron chi connectivity index (χ0n) is 17.3. The van der Waals surface area contributed by atoms with Crippen LogP contribution in [0.25, 0.3) is 11.4 Å². The van der Waals surface area contributed by atoms with E-state index in [2.05, 4.69) is 10.4 Å². The van der Waals surface area contributed by atoms with E-state index in [9.17, 15) is 27.9 Å². The van der Waals surface area contributed by atoms with E-state index in [1.54, 1.807) is 18.2 Å². The van der Waals surface area contributed by atoms with E-state index in [0.29, 0.717) is 31.6 Å². The SMILES string of the molecule is O=C(Cn1nc(-c2ccc(Cl)cc2)n(CC(O)C(F)(F)F)c1=O)NCCc1cccc(Cl)c1Cl. The number of aliphatic hydroxyl groups is 1. The fourth-order valence-corrected chi connectivity index (χ4v) is 3.61. The molecule has 0 radical (unpaired) electrons. The molecular formula is C21H18Cl3F3N4O3. The van der Waals surface area contributed by atoms with Crippen molar-refractivity contribution in [3.05, 3.63) is 73.6 Å². The summed E-state index contributed by atoms with van der Waals surface area (Å²) >= 11 is 17.9. The number of aromatic nitrogens is 3. The maximum absolute atomic E-state index is 12.9. The normalized spacial score (nSPS) is 12.6. The Labute approximate surface area is 206 Å². The van der Waals surface area contributed by atoms with Crippen molar-refractivity contribution >= 4 is 40.7 Å². The van der Waals surface area contributed by atoms with Crippen LogP contribution in [-0.4, -0.2) is 44.2 Å². The number of carbonyl (C=O) groups is 1. The van der Waals surface area contributed by atoms with Crippen LogP contribution in [0.15, 0.2) is 47.3 Å². The van der Waals surface area contributed by atoms with Crippen molar-refractivity contribution in [2.75, 3.05) is 6.54 Å². The third kappa shape index (κ3) is 6.32. The zero-order valence-corrected chi connectivity index (χ0v) is 19.6. The van der Waals surface area contributed by atoms with Gasteiger partial charge in [0, 0.05) is 17.1 Å². The first-order chi connectivity index (χ1) is 16.0. The van der Waals surface area contributed by atoms with Gasteiger partial charge in [-0.1, -0.05) is 46.9 Å². The quantitative estimate of drug-likeness (QED) is 0.455. The molecular weight excluding hydrogens is 520 g/mol. The minimum Gasteiger partial charge on any atom is -0.382 e. The number of benzene rings is 2. The number of hydrogen-bond acceptors (Lipinski definition) is 4. The van der Waals surface area contributed by atoms with Crippen LogP contribution < -0.4 is 11.0 Å². The van der Waals surface area contributed by atoms with Crippen LogP contribution in [0.5, 0.6) is 0 Å². The zero-order chi connectivity index (χ0) is 25.0. The molecule has 34 heavy (non-hydrogen) atoms. The second-order valence-electron chi connectivity index (χ2n) is 7.25. The number of hydrogen-bond donors (Lipinski definition) is 2. The van der Waals surface area contributed by atoms with Gasteiger partial charge in [-0.25, -0.2) is 9.48 Å². The standard InChI is InChI=1S/C21H18Cl3F3N4O3/c22-14-6-4-13(5-7-14)19-29-31(20(34)30(19)10-16(32)21(25,26)27)11-17(33)28-9-8-12-2-1-3-15(23)18(12)24/h1-7,16,32H,8-11H2,(H,28,33). The third-order valence-electron chi connectivity index (χ3n) is 4.80. The summed E-state index contributed by atoms with van der Waals surface area (Å²) in [6, 6.07) is 10.9. The molecule has 1 atom stereocenters. The van der Waals surface area contributed by atoms with E-state index in [1.165, 1.54) is 24.3 Å². The molecule has 0 aliphatic heterocycles. The molecule has 0 saturated carbocycles. The van der Waals surface area contributed by atoms with Crippen molar-refractivity contribution < 1.29 is 23.1 Å². The highest BCUT2D eigenvalue weighted by Crippen LogP contribution is 2.26. The number of halogens is 6. The summed E-state index contributed by atoms with van der Waals surface area (Å²) in [6.07, 6.45) is -7.38. The van der Waals surface area contributed by atoms with Crippen molar-refractivity contribution in [2.24, 2.45) is 0 Å². The topological polar surface area (TPSA) is 89.2 Å². The lowest BCUT2D eigenvalue weighted by Gasteiger charge is -2.15. The van der Waals surface area contributed by atoms with Gasteiger partial charge in [0.15, 0.2) is 11.9 Å². The molecule has 1 aromatic heterocycles. The number of nitrogens with one attached hydrogen (secondary N) is 1. The van der Waals surface area contributed by atoms with E-state index < -0.39 is 37.0 Å². The summed E-state index contributed by atoms with van der Waals surface area (Å²) in [7, 11) is 0. The van der Waals surface area contributed by atoms with Crippen molar-refractivity contribution in [1.29, 1.82) is 0 Å². The van der Waals surface area contributed by atoms with E-state index >= 15 is 0 Å². The molecule has 0 fully saturated rings.